The molecule has 2 amide bonds. The fraction of sp³-hybridized carbons (Fsp3) is 0.111. The molecule has 2 N–H and O–H groups in total. The molecule has 27 heavy (non-hydrogen) atoms. The van der Waals surface area contributed by atoms with Gasteiger partial charge in [-0.3, -0.25) is 14.6 Å². The van der Waals surface area contributed by atoms with Crippen molar-refractivity contribution in [2.45, 2.75) is 6.92 Å². The monoisotopic (exact) mass is 365 g/mol. The Kier molecular flexibility index (Phi) is 5.31. The zero-order valence-corrected chi connectivity index (χ0v) is 14.2. The van der Waals surface area contributed by atoms with Crippen LogP contribution >= 0.6 is 0 Å². The highest BCUT2D eigenvalue weighted by molar-refractivity contribution is 6.44. The van der Waals surface area contributed by atoms with Crippen LogP contribution in [0.3, 0.4) is 0 Å². The number of hydrogen-bond donors (Lipinski definition) is 2. The lowest BCUT2D eigenvalue weighted by atomic mass is 10.1. The van der Waals surface area contributed by atoms with Crippen LogP contribution in [-0.4, -0.2) is 34.7 Å². The van der Waals surface area contributed by atoms with E-state index in [-0.39, 0.29) is 11.6 Å². The van der Waals surface area contributed by atoms with Crippen LogP contribution in [0.15, 0.2) is 59.0 Å². The molecule has 1 atom stereocenters. The number of ether oxygens (including phenoxy) is 1. The van der Waals surface area contributed by atoms with Crippen molar-refractivity contribution in [3.63, 3.8) is 0 Å². The summed E-state index contributed by atoms with van der Waals surface area (Å²) in [7, 11) is 0. The Morgan fingerprint density at radius 3 is 2.67 bits per heavy atom. The molecule has 1 aromatic carbocycles. The van der Waals surface area contributed by atoms with Gasteiger partial charge in [0.25, 0.3) is 5.91 Å². The lowest BCUT2D eigenvalue weighted by Crippen LogP contribution is -2.32. The average molecular weight is 365 g/mol. The van der Waals surface area contributed by atoms with Crippen LogP contribution < -0.4 is 15.6 Å². The Hall–Kier alpha value is -3.88. The predicted molar refractivity (Wildman–Crippen MR) is 96.1 cm³/mol. The van der Waals surface area contributed by atoms with Gasteiger partial charge in [-0.1, -0.05) is 0 Å². The second-order valence-electron chi connectivity index (χ2n) is 5.59. The zero-order chi connectivity index (χ0) is 19.2. The number of benzene rings is 1. The van der Waals surface area contributed by atoms with Gasteiger partial charge < -0.3 is 4.74 Å². The first-order valence-corrected chi connectivity index (χ1v) is 7.97. The van der Waals surface area contributed by atoms with Crippen LogP contribution in [0.25, 0.3) is 0 Å². The van der Waals surface area contributed by atoms with Crippen molar-refractivity contribution in [1.29, 1.82) is 0 Å². The second kappa shape index (κ2) is 8.00. The van der Waals surface area contributed by atoms with Crippen molar-refractivity contribution in [2.75, 3.05) is 0 Å². The Balaban J connectivity index is 1.54. The fourth-order valence-electron chi connectivity index (χ4n) is 2.17. The van der Waals surface area contributed by atoms with Crippen molar-refractivity contribution in [3.8, 4) is 5.75 Å². The van der Waals surface area contributed by atoms with E-state index in [4.69, 9.17) is 4.74 Å². The summed E-state index contributed by atoms with van der Waals surface area (Å²) in [5.41, 5.74) is 5.64. The second-order valence-corrected chi connectivity index (χ2v) is 5.59. The topological polar surface area (TPSA) is 122 Å². The standard InChI is InChI=1S/C18H15N5O4/c1-11-15(21-23-16(11)24)17(25)22-20-9-12-4-6-14(7-5-12)27-18(26)13-3-2-8-19-10-13/h2-11H,1H3,(H,22,25)(H,23,24)/b20-9+. The molecule has 136 valence electrons. The molecule has 1 aliphatic heterocycles. The molecule has 1 aliphatic rings. The van der Waals surface area contributed by atoms with Gasteiger partial charge in [0, 0.05) is 12.4 Å². The van der Waals surface area contributed by atoms with Crippen molar-refractivity contribution in [2.24, 2.45) is 16.1 Å². The van der Waals surface area contributed by atoms with Crippen LogP contribution in [0.2, 0.25) is 0 Å². The Labute approximate surface area is 154 Å². The van der Waals surface area contributed by atoms with Crippen molar-refractivity contribution >= 4 is 29.7 Å². The molecule has 1 unspecified atom stereocenters. The summed E-state index contributed by atoms with van der Waals surface area (Å²) < 4.78 is 5.24. The van der Waals surface area contributed by atoms with Crippen molar-refractivity contribution in [3.05, 3.63) is 59.9 Å². The van der Waals surface area contributed by atoms with E-state index in [9.17, 15) is 14.4 Å². The van der Waals surface area contributed by atoms with E-state index in [0.717, 1.165) is 0 Å². The summed E-state index contributed by atoms with van der Waals surface area (Å²) in [6, 6.07) is 9.79. The number of esters is 1. The third kappa shape index (κ3) is 4.40. The third-order valence-corrected chi connectivity index (χ3v) is 3.69. The van der Waals surface area contributed by atoms with E-state index in [2.05, 4.69) is 26.0 Å². The molecule has 0 radical (unpaired) electrons. The molecule has 2 heterocycles. The maximum Gasteiger partial charge on any atom is 0.345 e. The van der Waals surface area contributed by atoms with E-state index in [0.29, 0.717) is 16.9 Å². The lowest BCUT2D eigenvalue weighted by molar-refractivity contribution is -0.122. The van der Waals surface area contributed by atoms with Gasteiger partial charge in [-0.05, 0) is 48.9 Å². The van der Waals surface area contributed by atoms with Crippen LogP contribution in [0.1, 0.15) is 22.8 Å². The maximum absolute atomic E-state index is 11.9. The minimum atomic E-state index is -0.617. The number of aromatic nitrogens is 1. The minimum Gasteiger partial charge on any atom is -0.423 e. The molecule has 0 spiro atoms. The zero-order valence-electron chi connectivity index (χ0n) is 14.2. The van der Waals surface area contributed by atoms with E-state index in [1.165, 1.54) is 12.4 Å². The van der Waals surface area contributed by atoms with Crippen LogP contribution in [0.5, 0.6) is 5.75 Å². The molecule has 1 aromatic heterocycles. The molecule has 0 aliphatic carbocycles. The Morgan fingerprint density at radius 2 is 2.04 bits per heavy atom. The number of hydrogen-bond acceptors (Lipinski definition) is 7. The predicted octanol–water partition coefficient (Wildman–Crippen LogP) is 0.873. The summed E-state index contributed by atoms with van der Waals surface area (Å²) in [5, 5.41) is 7.49. The molecule has 9 nitrogen and oxygen atoms in total. The number of rotatable bonds is 5. The number of carbonyl (C=O) groups excluding carboxylic acids is 3. The molecule has 3 rings (SSSR count). The molecular formula is C18H15N5O4. The summed E-state index contributed by atoms with van der Waals surface area (Å²) >= 11 is 0. The quantitative estimate of drug-likeness (QED) is 0.352. The van der Waals surface area contributed by atoms with Gasteiger partial charge in [-0.25, -0.2) is 15.6 Å². The van der Waals surface area contributed by atoms with Crippen LogP contribution in [0, 0.1) is 5.92 Å². The number of carbonyl (C=O) groups is 3. The van der Waals surface area contributed by atoms with Gasteiger partial charge in [0.05, 0.1) is 17.7 Å². The SMILES string of the molecule is CC1C(=O)NN=C1C(=O)N/N=C/c1ccc(OC(=O)c2cccnc2)cc1. The smallest absolute Gasteiger partial charge is 0.345 e. The normalized spacial score (nSPS) is 16.0. The van der Waals surface area contributed by atoms with E-state index < -0.39 is 17.8 Å². The summed E-state index contributed by atoms with van der Waals surface area (Å²) in [6.45, 7) is 1.58. The van der Waals surface area contributed by atoms with E-state index in [1.807, 2.05) is 0 Å². The molecule has 0 saturated carbocycles. The first kappa shape index (κ1) is 17.9. The number of amides is 2. The first-order valence-electron chi connectivity index (χ1n) is 7.97. The molecule has 0 bridgehead atoms. The Bertz CT molecular complexity index is 923. The summed E-state index contributed by atoms with van der Waals surface area (Å²) in [6.07, 6.45) is 4.41. The van der Waals surface area contributed by atoms with Gasteiger partial charge in [-0.2, -0.15) is 10.2 Å². The highest BCUT2D eigenvalue weighted by Gasteiger charge is 2.30. The highest BCUT2D eigenvalue weighted by atomic mass is 16.5. The molecule has 9 heteroatoms. The number of nitrogens with one attached hydrogen (secondary N) is 2. The van der Waals surface area contributed by atoms with Crippen LogP contribution in [0.4, 0.5) is 0 Å². The molecule has 0 fully saturated rings. The van der Waals surface area contributed by atoms with Gasteiger partial charge in [0.2, 0.25) is 5.91 Å². The summed E-state index contributed by atoms with van der Waals surface area (Å²) in [5.74, 6) is -1.65. The summed E-state index contributed by atoms with van der Waals surface area (Å²) in [4.78, 5) is 39.0. The average Bonchev–Trinajstić information content (AvgIpc) is 3.02. The number of pyridine rings is 1. The molecular weight excluding hydrogens is 350 g/mol. The van der Waals surface area contributed by atoms with Crippen molar-refractivity contribution in [1.82, 2.24) is 15.8 Å². The van der Waals surface area contributed by atoms with Crippen LogP contribution in [-0.2, 0) is 9.59 Å². The van der Waals surface area contributed by atoms with Gasteiger partial charge >= 0.3 is 5.97 Å². The molecule has 0 saturated heterocycles. The lowest BCUT2D eigenvalue weighted by Gasteiger charge is -2.04. The van der Waals surface area contributed by atoms with Gasteiger partial charge in [0.1, 0.15) is 11.5 Å². The first-order chi connectivity index (χ1) is 13.0. The van der Waals surface area contributed by atoms with Gasteiger partial charge in [0.15, 0.2) is 0 Å². The largest absolute Gasteiger partial charge is 0.423 e. The highest BCUT2D eigenvalue weighted by Crippen LogP contribution is 2.13. The van der Waals surface area contributed by atoms with Gasteiger partial charge in [-0.15, -0.1) is 0 Å². The molecule has 2 aromatic rings. The maximum atomic E-state index is 11.9. The Morgan fingerprint density at radius 1 is 1.26 bits per heavy atom. The van der Waals surface area contributed by atoms with Crippen molar-refractivity contribution < 1.29 is 19.1 Å². The number of hydrazone groups is 2. The fourth-order valence-corrected chi connectivity index (χ4v) is 2.17. The minimum absolute atomic E-state index is 0.0785. The number of nitrogens with zero attached hydrogens (tertiary/aromatic N) is 3. The third-order valence-electron chi connectivity index (χ3n) is 3.69. The van der Waals surface area contributed by atoms with E-state index in [1.54, 1.807) is 49.5 Å². The van der Waals surface area contributed by atoms with E-state index >= 15 is 0 Å².